The van der Waals surface area contributed by atoms with E-state index < -0.39 is 21.7 Å². The average molecular weight is 250 g/mol. The van der Waals surface area contributed by atoms with Gasteiger partial charge >= 0.3 is 5.97 Å². The van der Waals surface area contributed by atoms with Crippen molar-refractivity contribution in [3.8, 4) is 0 Å². The van der Waals surface area contributed by atoms with Crippen LogP contribution in [-0.4, -0.2) is 67.7 Å². The number of aliphatic carboxylic acids is 1. The molecule has 1 rings (SSSR count). The van der Waals surface area contributed by atoms with Crippen LogP contribution in [0, 0.1) is 0 Å². The number of carboxylic acids is 1. The number of sulfonamides is 1. The van der Waals surface area contributed by atoms with Crippen LogP contribution in [0.5, 0.6) is 0 Å². The maximum Gasteiger partial charge on any atom is 0.320 e. The number of rotatable bonds is 5. The number of hydrogen-bond donors (Lipinski definition) is 1. The summed E-state index contributed by atoms with van der Waals surface area (Å²) in [4.78, 5) is 12.4. The van der Waals surface area contributed by atoms with Gasteiger partial charge in [-0.15, -0.1) is 0 Å². The fraction of sp³-hybridized carbons (Fsp3) is 0.889. The van der Waals surface area contributed by atoms with Gasteiger partial charge in [-0.05, 0) is 26.9 Å². The lowest BCUT2D eigenvalue weighted by Gasteiger charge is -2.25. The Labute approximate surface area is 95.9 Å². The molecule has 6 nitrogen and oxygen atoms in total. The van der Waals surface area contributed by atoms with Crippen molar-refractivity contribution in [2.75, 3.05) is 32.9 Å². The molecule has 0 radical (unpaired) electrons. The zero-order valence-corrected chi connectivity index (χ0v) is 10.4. The Morgan fingerprint density at radius 2 is 2.12 bits per heavy atom. The van der Waals surface area contributed by atoms with E-state index in [1.165, 1.54) is 4.31 Å². The van der Waals surface area contributed by atoms with Gasteiger partial charge in [-0.1, -0.05) is 0 Å². The second-order valence-electron chi connectivity index (χ2n) is 4.32. The first-order valence-corrected chi connectivity index (χ1v) is 6.80. The summed E-state index contributed by atoms with van der Waals surface area (Å²) in [7, 11) is 0.104. The second kappa shape index (κ2) is 5.11. The Morgan fingerprint density at radius 1 is 1.50 bits per heavy atom. The van der Waals surface area contributed by atoms with Gasteiger partial charge in [-0.25, -0.2) is 8.42 Å². The molecule has 0 spiro atoms. The molecule has 1 aliphatic rings. The number of nitrogens with zero attached hydrogens (tertiary/aromatic N) is 2. The summed E-state index contributed by atoms with van der Waals surface area (Å²) < 4.78 is 24.9. The monoisotopic (exact) mass is 250 g/mol. The number of hydrogen-bond acceptors (Lipinski definition) is 4. The van der Waals surface area contributed by atoms with E-state index in [-0.39, 0.29) is 6.04 Å². The maximum atomic E-state index is 11.8. The topological polar surface area (TPSA) is 77.9 Å². The Kier molecular flexibility index (Phi) is 4.28. The molecule has 7 heteroatoms. The third kappa shape index (κ3) is 3.43. The molecule has 1 aliphatic heterocycles. The molecule has 1 N–H and O–H groups in total. The quantitative estimate of drug-likeness (QED) is 0.707. The summed E-state index contributed by atoms with van der Waals surface area (Å²) in [5.41, 5.74) is 0. The van der Waals surface area contributed by atoms with E-state index in [4.69, 9.17) is 5.11 Å². The molecule has 1 unspecified atom stereocenters. The zero-order chi connectivity index (χ0) is 12.3. The van der Waals surface area contributed by atoms with Crippen LogP contribution in [0.4, 0.5) is 0 Å². The molecule has 94 valence electrons. The smallest absolute Gasteiger partial charge is 0.320 e. The van der Waals surface area contributed by atoms with Crippen LogP contribution in [0.2, 0.25) is 0 Å². The molecule has 1 fully saturated rings. The second-order valence-corrected chi connectivity index (χ2v) is 6.24. The highest BCUT2D eigenvalue weighted by Gasteiger charge is 2.35. The average Bonchev–Trinajstić information content (AvgIpc) is 2.48. The summed E-state index contributed by atoms with van der Waals surface area (Å²) in [5, 5.41) is 8.56. The van der Waals surface area contributed by atoms with E-state index >= 15 is 0 Å². The first kappa shape index (κ1) is 13.4. The molecule has 1 saturated heterocycles. The van der Waals surface area contributed by atoms with Gasteiger partial charge in [0, 0.05) is 19.1 Å². The van der Waals surface area contributed by atoms with Gasteiger partial charge < -0.3 is 10.0 Å². The molecule has 1 heterocycles. The van der Waals surface area contributed by atoms with E-state index in [2.05, 4.69) is 0 Å². The van der Waals surface area contributed by atoms with Crippen molar-refractivity contribution in [2.24, 2.45) is 0 Å². The van der Waals surface area contributed by atoms with Crippen LogP contribution >= 0.6 is 0 Å². The molecular formula is C9H18N2O4S. The van der Waals surface area contributed by atoms with Crippen LogP contribution in [0.15, 0.2) is 0 Å². The van der Waals surface area contributed by atoms with Crippen LogP contribution in [0.3, 0.4) is 0 Å². The SMILES string of the molecule is CN(C)CC1CCCN1S(=O)(=O)CC(=O)O. The van der Waals surface area contributed by atoms with Crippen molar-refractivity contribution in [3.63, 3.8) is 0 Å². The standard InChI is InChI=1S/C9H18N2O4S/c1-10(2)6-8-4-3-5-11(8)16(14,15)7-9(12)13/h8H,3-7H2,1-2H3,(H,12,13). The lowest BCUT2D eigenvalue weighted by molar-refractivity contribution is -0.134. The van der Waals surface area contributed by atoms with Gasteiger partial charge in [-0.2, -0.15) is 4.31 Å². The minimum atomic E-state index is -3.65. The molecule has 1 atom stereocenters. The Balaban J connectivity index is 2.74. The molecular weight excluding hydrogens is 232 g/mol. The normalized spacial score (nSPS) is 22.8. The van der Waals surface area contributed by atoms with E-state index in [9.17, 15) is 13.2 Å². The molecule has 0 saturated carbocycles. The van der Waals surface area contributed by atoms with E-state index in [1.807, 2.05) is 19.0 Å². The molecule has 0 bridgehead atoms. The molecule has 0 aliphatic carbocycles. The van der Waals surface area contributed by atoms with Crippen molar-refractivity contribution < 1.29 is 18.3 Å². The Hall–Kier alpha value is -0.660. The lowest BCUT2D eigenvalue weighted by Crippen LogP contribution is -2.43. The third-order valence-electron chi connectivity index (χ3n) is 2.56. The predicted molar refractivity (Wildman–Crippen MR) is 59.7 cm³/mol. The highest BCUT2D eigenvalue weighted by molar-refractivity contribution is 7.89. The Morgan fingerprint density at radius 3 is 2.62 bits per heavy atom. The molecule has 0 amide bonds. The molecule has 0 aromatic rings. The van der Waals surface area contributed by atoms with E-state index in [0.717, 1.165) is 12.8 Å². The first-order valence-electron chi connectivity index (χ1n) is 5.19. The lowest BCUT2D eigenvalue weighted by atomic mass is 10.2. The summed E-state index contributed by atoms with van der Waals surface area (Å²) >= 11 is 0. The summed E-state index contributed by atoms with van der Waals surface area (Å²) in [6.45, 7) is 1.08. The molecule has 16 heavy (non-hydrogen) atoms. The molecule has 0 aromatic carbocycles. The fourth-order valence-corrected chi connectivity index (χ4v) is 3.53. The summed E-state index contributed by atoms with van der Waals surface area (Å²) in [5.74, 6) is -2.10. The number of likely N-dealkylation sites (N-methyl/N-ethyl adjacent to an activating group) is 1. The van der Waals surface area contributed by atoms with Gasteiger partial charge in [0.05, 0.1) is 0 Å². The predicted octanol–water partition coefficient (Wildman–Crippen LogP) is -0.573. The highest BCUT2D eigenvalue weighted by atomic mass is 32.2. The van der Waals surface area contributed by atoms with Crippen LogP contribution in [0.25, 0.3) is 0 Å². The van der Waals surface area contributed by atoms with Gasteiger partial charge in [0.15, 0.2) is 5.75 Å². The minimum absolute atomic E-state index is 0.0839. The number of carboxylic acid groups (broad SMARTS) is 1. The zero-order valence-electron chi connectivity index (χ0n) is 9.59. The van der Waals surface area contributed by atoms with E-state index in [1.54, 1.807) is 0 Å². The van der Waals surface area contributed by atoms with Crippen molar-refractivity contribution >= 4 is 16.0 Å². The fourth-order valence-electron chi connectivity index (χ4n) is 2.02. The summed E-state index contributed by atoms with van der Waals surface area (Å²) in [6, 6.07) is -0.0839. The van der Waals surface area contributed by atoms with Crippen molar-refractivity contribution in [1.82, 2.24) is 9.21 Å². The van der Waals surface area contributed by atoms with Gasteiger partial charge in [-0.3, -0.25) is 4.79 Å². The van der Waals surface area contributed by atoms with Crippen molar-refractivity contribution in [3.05, 3.63) is 0 Å². The largest absolute Gasteiger partial charge is 0.480 e. The van der Waals surface area contributed by atoms with E-state index in [0.29, 0.717) is 13.1 Å². The third-order valence-corrected chi connectivity index (χ3v) is 4.37. The Bertz CT molecular complexity index is 353. The van der Waals surface area contributed by atoms with Crippen molar-refractivity contribution in [1.29, 1.82) is 0 Å². The maximum absolute atomic E-state index is 11.8. The minimum Gasteiger partial charge on any atom is -0.480 e. The van der Waals surface area contributed by atoms with Crippen LogP contribution in [0.1, 0.15) is 12.8 Å². The number of carbonyl (C=O) groups is 1. The van der Waals surface area contributed by atoms with Gasteiger partial charge in [0.1, 0.15) is 0 Å². The first-order chi connectivity index (χ1) is 7.33. The van der Waals surface area contributed by atoms with Crippen LogP contribution < -0.4 is 0 Å². The van der Waals surface area contributed by atoms with Crippen LogP contribution in [-0.2, 0) is 14.8 Å². The summed E-state index contributed by atoms with van der Waals surface area (Å²) in [6.07, 6.45) is 1.61. The highest BCUT2D eigenvalue weighted by Crippen LogP contribution is 2.21. The van der Waals surface area contributed by atoms with Gasteiger partial charge in [0.2, 0.25) is 10.0 Å². The van der Waals surface area contributed by atoms with Gasteiger partial charge in [0.25, 0.3) is 0 Å². The van der Waals surface area contributed by atoms with Crippen molar-refractivity contribution in [2.45, 2.75) is 18.9 Å². The molecule has 0 aromatic heterocycles.